The van der Waals surface area contributed by atoms with Crippen LogP contribution in [-0.4, -0.2) is 34.9 Å². The van der Waals surface area contributed by atoms with Crippen molar-refractivity contribution in [1.29, 1.82) is 0 Å². The molecule has 0 aliphatic carbocycles. The average molecular weight is 500 g/mol. The first-order valence-electron chi connectivity index (χ1n) is 11.4. The van der Waals surface area contributed by atoms with Crippen LogP contribution in [0.3, 0.4) is 0 Å². The molecule has 4 nitrogen and oxygen atoms in total. The molecule has 4 aromatic rings. The van der Waals surface area contributed by atoms with Crippen molar-refractivity contribution in [1.82, 2.24) is 15.2 Å². The summed E-state index contributed by atoms with van der Waals surface area (Å²) < 4.78 is 0.938. The van der Waals surface area contributed by atoms with Gasteiger partial charge in [-0.1, -0.05) is 76.6 Å². The summed E-state index contributed by atoms with van der Waals surface area (Å²) in [5.74, 6) is -0.0285. The summed E-state index contributed by atoms with van der Waals surface area (Å²) in [6.07, 6.45) is 1.91. The van der Waals surface area contributed by atoms with Crippen LogP contribution in [0, 0.1) is 0 Å². The molecule has 1 N–H and O–H groups in total. The van der Waals surface area contributed by atoms with Crippen molar-refractivity contribution in [2.24, 2.45) is 0 Å². The largest absolute Gasteiger partial charge is 0.349 e. The minimum Gasteiger partial charge on any atom is -0.349 e. The SMILES string of the molecule is O=C(NC1CCN(Cc2ccccc2)CC1)c1cc(-c2ccccc2)nc2ccc(Br)cc12. The number of carbonyl (C=O) groups excluding carboxylic acids is 1. The van der Waals surface area contributed by atoms with Gasteiger partial charge in [0.25, 0.3) is 5.91 Å². The molecule has 5 heteroatoms. The summed E-state index contributed by atoms with van der Waals surface area (Å²) in [6, 6.07) is 28.6. The van der Waals surface area contributed by atoms with E-state index in [1.165, 1.54) is 5.56 Å². The van der Waals surface area contributed by atoms with Gasteiger partial charge in [0.15, 0.2) is 0 Å². The summed E-state index contributed by atoms with van der Waals surface area (Å²) >= 11 is 3.55. The molecule has 1 fully saturated rings. The van der Waals surface area contributed by atoms with Crippen molar-refractivity contribution in [2.75, 3.05) is 13.1 Å². The van der Waals surface area contributed by atoms with Crippen LogP contribution in [0.25, 0.3) is 22.2 Å². The number of rotatable bonds is 5. The second-order valence-electron chi connectivity index (χ2n) is 8.59. The first kappa shape index (κ1) is 21.8. The Morgan fingerprint density at radius 3 is 2.36 bits per heavy atom. The number of pyridine rings is 1. The third-order valence-electron chi connectivity index (χ3n) is 6.26. The van der Waals surface area contributed by atoms with Gasteiger partial charge < -0.3 is 5.32 Å². The zero-order valence-electron chi connectivity index (χ0n) is 18.4. The second-order valence-corrected chi connectivity index (χ2v) is 9.51. The lowest BCUT2D eigenvalue weighted by molar-refractivity contribution is 0.0910. The fraction of sp³-hybridized carbons (Fsp3) is 0.214. The lowest BCUT2D eigenvalue weighted by atomic mass is 10.0. The highest BCUT2D eigenvalue weighted by Gasteiger charge is 2.23. The fourth-order valence-electron chi connectivity index (χ4n) is 4.48. The Hall–Kier alpha value is -3.02. The van der Waals surface area contributed by atoms with Crippen molar-refractivity contribution in [3.05, 3.63) is 101 Å². The molecule has 1 aliphatic heterocycles. The molecular formula is C28H26BrN3O. The zero-order chi connectivity index (χ0) is 22.6. The molecule has 5 rings (SSSR count). The number of likely N-dealkylation sites (tertiary alicyclic amines) is 1. The number of hydrogen-bond acceptors (Lipinski definition) is 3. The van der Waals surface area contributed by atoms with E-state index in [0.29, 0.717) is 5.56 Å². The van der Waals surface area contributed by atoms with E-state index in [1.807, 2.05) is 54.6 Å². The van der Waals surface area contributed by atoms with Crippen molar-refractivity contribution in [3.8, 4) is 11.3 Å². The number of hydrogen-bond donors (Lipinski definition) is 1. The van der Waals surface area contributed by atoms with E-state index in [-0.39, 0.29) is 11.9 Å². The average Bonchev–Trinajstić information content (AvgIpc) is 2.86. The molecule has 0 atom stereocenters. The first-order valence-corrected chi connectivity index (χ1v) is 12.2. The quantitative estimate of drug-likeness (QED) is 0.363. The Morgan fingerprint density at radius 2 is 1.64 bits per heavy atom. The topological polar surface area (TPSA) is 45.2 Å². The van der Waals surface area contributed by atoms with Crippen LogP contribution in [0.5, 0.6) is 0 Å². The number of amides is 1. The summed E-state index contributed by atoms with van der Waals surface area (Å²) in [7, 11) is 0. The lowest BCUT2D eigenvalue weighted by Crippen LogP contribution is -2.44. The van der Waals surface area contributed by atoms with Crippen molar-refractivity contribution in [2.45, 2.75) is 25.4 Å². The molecule has 166 valence electrons. The monoisotopic (exact) mass is 499 g/mol. The standard InChI is InChI=1S/C28H26BrN3O/c29-22-11-12-26-24(17-22)25(18-27(31-26)21-9-5-2-6-10-21)28(33)30-23-13-15-32(16-14-23)19-20-7-3-1-4-8-20/h1-12,17-18,23H,13-16,19H2,(H,30,33). The molecule has 2 heterocycles. The van der Waals surface area contributed by atoms with Crippen LogP contribution in [0.15, 0.2) is 89.4 Å². The van der Waals surface area contributed by atoms with Crippen LogP contribution < -0.4 is 5.32 Å². The van der Waals surface area contributed by atoms with E-state index >= 15 is 0 Å². The van der Waals surface area contributed by atoms with E-state index < -0.39 is 0 Å². The van der Waals surface area contributed by atoms with E-state index in [9.17, 15) is 4.79 Å². The molecule has 0 bridgehead atoms. The third kappa shape index (κ3) is 5.15. The first-order chi connectivity index (χ1) is 16.2. The maximum atomic E-state index is 13.4. The molecule has 33 heavy (non-hydrogen) atoms. The molecule has 1 saturated heterocycles. The smallest absolute Gasteiger partial charge is 0.252 e. The Morgan fingerprint density at radius 1 is 0.939 bits per heavy atom. The van der Waals surface area contributed by atoms with Crippen molar-refractivity contribution >= 4 is 32.7 Å². The van der Waals surface area contributed by atoms with Crippen LogP contribution in [0.1, 0.15) is 28.8 Å². The number of nitrogens with one attached hydrogen (secondary N) is 1. The number of carbonyl (C=O) groups is 1. The predicted molar refractivity (Wildman–Crippen MR) is 137 cm³/mol. The van der Waals surface area contributed by atoms with E-state index in [0.717, 1.165) is 59.1 Å². The number of aromatic nitrogens is 1. The third-order valence-corrected chi connectivity index (χ3v) is 6.75. The molecule has 1 aliphatic rings. The molecule has 1 aromatic heterocycles. The van der Waals surface area contributed by atoms with Gasteiger partial charge in [-0.2, -0.15) is 0 Å². The van der Waals surface area contributed by atoms with Crippen LogP contribution >= 0.6 is 15.9 Å². The van der Waals surface area contributed by atoms with Gasteiger partial charge >= 0.3 is 0 Å². The maximum absolute atomic E-state index is 13.4. The molecular weight excluding hydrogens is 474 g/mol. The zero-order valence-corrected chi connectivity index (χ0v) is 20.0. The van der Waals surface area contributed by atoms with Gasteiger partial charge in [-0.3, -0.25) is 9.69 Å². The molecule has 0 radical (unpaired) electrons. The number of nitrogens with zero attached hydrogens (tertiary/aromatic N) is 2. The normalized spacial score (nSPS) is 14.9. The highest BCUT2D eigenvalue weighted by atomic mass is 79.9. The van der Waals surface area contributed by atoms with E-state index in [1.54, 1.807) is 0 Å². The molecule has 0 saturated carbocycles. The van der Waals surface area contributed by atoms with Gasteiger partial charge in [-0.05, 0) is 42.7 Å². The predicted octanol–water partition coefficient (Wildman–Crippen LogP) is 6.06. The van der Waals surface area contributed by atoms with Gasteiger partial charge in [0.05, 0.1) is 16.8 Å². The van der Waals surface area contributed by atoms with Gasteiger partial charge in [0.2, 0.25) is 0 Å². The van der Waals surface area contributed by atoms with Gasteiger partial charge in [0.1, 0.15) is 0 Å². The van der Waals surface area contributed by atoms with E-state index in [4.69, 9.17) is 4.98 Å². The Kier molecular flexibility index (Phi) is 6.51. The summed E-state index contributed by atoms with van der Waals surface area (Å²) in [4.78, 5) is 20.7. The summed E-state index contributed by atoms with van der Waals surface area (Å²) in [5.41, 5.74) is 4.65. The number of fused-ring (bicyclic) bond motifs is 1. The van der Waals surface area contributed by atoms with Crippen LogP contribution in [0.2, 0.25) is 0 Å². The molecule has 1 amide bonds. The van der Waals surface area contributed by atoms with E-state index in [2.05, 4.69) is 56.5 Å². The van der Waals surface area contributed by atoms with Gasteiger partial charge in [-0.15, -0.1) is 0 Å². The highest BCUT2D eigenvalue weighted by Crippen LogP contribution is 2.27. The van der Waals surface area contributed by atoms with Gasteiger partial charge in [-0.25, -0.2) is 4.98 Å². The van der Waals surface area contributed by atoms with Crippen molar-refractivity contribution < 1.29 is 4.79 Å². The van der Waals surface area contributed by atoms with Crippen LogP contribution in [0.4, 0.5) is 0 Å². The summed E-state index contributed by atoms with van der Waals surface area (Å²) in [5, 5.41) is 4.17. The van der Waals surface area contributed by atoms with Gasteiger partial charge in [0, 0.05) is 41.1 Å². The Bertz CT molecular complexity index is 1250. The molecule has 0 unspecified atom stereocenters. The second kappa shape index (κ2) is 9.86. The summed E-state index contributed by atoms with van der Waals surface area (Å²) in [6.45, 7) is 2.93. The number of benzene rings is 3. The molecule has 3 aromatic carbocycles. The fourth-order valence-corrected chi connectivity index (χ4v) is 4.84. The Balaban J connectivity index is 1.33. The number of halogens is 1. The minimum atomic E-state index is -0.0285. The Labute approximate surface area is 202 Å². The van der Waals surface area contributed by atoms with Crippen LogP contribution in [-0.2, 0) is 6.54 Å². The van der Waals surface area contributed by atoms with Crippen molar-refractivity contribution in [3.63, 3.8) is 0 Å². The highest BCUT2D eigenvalue weighted by molar-refractivity contribution is 9.10. The minimum absolute atomic E-state index is 0.0285. The maximum Gasteiger partial charge on any atom is 0.252 e. The lowest BCUT2D eigenvalue weighted by Gasteiger charge is -2.32. The number of piperidine rings is 1. The molecule has 0 spiro atoms.